The van der Waals surface area contributed by atoms with Gasteiger partial charge in [-0.3, -0.25) is 9.59 Å². The number of fused-ring (bicyclic) bond motifs is 1. The molecule has 2 aliphatic heterocycles. The minimum absolute atomic E-state index is 0.156. The molecule has 0 spiro atoms. The van der Waals surface area contributed by atoms with Crippen LogP contribution in [0.1, 0.15) is 39.7 Å². The number of carboxylic acids is 1. The van der Waals surface area contributed by atoms with E-state index in [4.69, 9.17) is 4.74 Å². The SMILES string of the molecule is O=C(O)[C@@H]1CN(C(=O)c2cccc([C@@H]3CCOC3)c2)c2ccccc21. The number of anilines is 1. The van der Waals surface area contributed by atoms with Crippen molar-refractivity contribution in [3.63, 3.8) is 0 Å². The summed E-state index contributed by atoms with van der Waals surface area (Å²) in [6.45, 7) is 1.61. The number of amides is 1. The van der Waals surface area contributed by atoms with Crippen LogP contribution < -0.4 is 4.90 Å². The molecule has 2 heterocycles. The van der Waals surface area contributed by atoms with E-state index >= 15 is 0 Å². The van der Waals surface area contributed by atoms with Gasteiger partial charge >= 0.3 is 5.97 Å². The third-order valence-electron chi connectivity index (χ3n) is 5.05. The number of carboxylic acid groups (broad SMARTS) is 1. The fourth-order valence-corrected chi connectivity index (χ4v) is 3.69. The Kier molecular flexibility index (Phi) is 4.01. The van der Waals surface area contributed by atoms with E-state index in [9.17, 15) is 14.7 Å². The zero-order chi connectivity index (χ0) is 17.4. The monoisotopic (exact) mass is 337 g/mol. The maximum atomic E-state index is 13.0. The fourth-order valence-electron chi connectivity index (χ4n) is 3.69. The molecule has 1 N–H and O–H groups in total. The molecule has 5 nitrogen and oxygen atoms in total. The summed E-state index contributed by atoms with van der Waals surface area (Å²) < 4.78 is 5.44. The summed E-state index contributed by atoms with van der Waals surface area (Å²) in [5.74, 6) is -1.41. The summed E-state index contributed by atoms with van der Waals surface area (Å²) >= 11 is 0. The van der Waals surface area contributed by atoms with Crippen molar-refractivity contribution < 1.29 is 19.4 Å². The molecule has 2 aromatic rings. The number of rotatable bonds is 3. The molecule has 2 aromatic carbocycles. The number of carbonyl (C=O) groups is 2. The van der Waals surface area contributed by atoms with Gasteiger partial charge in [-0.1, -0.05) is 30.3 Å². The van der Waals surface area contributed by atoms with Crippen LogP contribution in [0.2, 0.25) is 0 Å². The lowest BCUT2D eigenvalue weighted by Gasteiger charge is -2.18. The van der Waals surface area contributed by atoms with Gasteiger partial charge in [0.2, 0.25) is 0 Å². The predicted molar refractivity (Wildman–Crippen MR) is 93.1 cm³/mol. The molecule has 0 unspecified atom stereocenters. The predicted octanol–water partition coefficient (Wildman–Crippen LogP) is 3.02. The zero-order valence-electron chi connectivity index (χ0n) is 13.7. The topological polar surface area (TPSA) is 66.8 Å². The van der Waals surface area contributed by atoms with Crippen molar-refractivity contribution in [1.29, 1.82) is 0 Å². The van der Waals surface area contributed by atoms with Gasteiger partial charge in [0.05, 0.1) is 6.61 Å². The second-order valence-electron chi connectivity index (χ2n) is 6.55. The second kappa shape index (κ2) is 6.33. The minimum Gasteiger partial charge on any atom is -0.481 e. The molecule has 0 aromatic heterocycles. The van der Waals surface area contributed by atoms with Crippen LogP contribution in [0, 0.1) is 0 Å². The van der Waals surface area contributed by atoms with Gasteiger partial charge in [-0.25, -0.2) is 0 Å². The molecule has 0 saturated carbocycles. The normalized spacial score (nSPS) is 22.0. The highest BCUT2D eigenvalue weighted by Gasteiger charge is 2.36. The molecule has 0 aliphatic carbocycles. The lowest BCUT2D eigenvalue weighted by molar-refractivity contribution is -0.138. The number of benzene rings is 2. The van der Waals surface area contributed by atoms with Crippen molar-refractivity contribution in [2.75, 3.05) is 24.7 Å². The van der Waals surface area contributed by atoms with Crippen LogP contribution in [-0.4, -0.2) is 36.7 Å². The molecule has 128 valence electrons. The molecule has 2 aliphatic rings. The second-order valence-corrected chi connectivity index (χ2v) is 6.55. The van der Waals surface area contributed by atoms with Crippen molar-refractivity contribution in [3.05, 3.63) is 65.2 Å². The highest BCUT2D eigenvalue weighted by molar-refractivity contribution is 6.08. The summed E-state index contributed by atoms with van der Waals surface area (Å²) in [7, 11) is 0. The largest absolute Gasteiger partial charge is 0.481 e. The average molecular weight is 337 g/mol. The van der Waals surface area contributed by atoms with Crippen LogP contribution in [-0.2, 0) is 9.53 Å². The number of nitrogens with zero attached hydrogens (tertiary/aromatic N) is 1. The first-order valence-corrected chi connectivity index (χ1v) is 8.46. The summed E-state index contributed by atoms with van der Waals surface area (Å²) in [5.41, 5.74) is 3.08. The molecule has 1 saturated heterocycles. The quantitative estimate of drug-likeness (QED) is 0.935. The Hall–Kier alpha value is -2.66. The van der Waals surface area contributed by atoms with Crippen molar-refractivity contribution >= 4 is 17.6 Å². The number of hydrogen-bond acceptors (Lipinski definition) is 3. The molecule has 0 radical (unpaired) electrons. The first kappa shape index (κ1) is 15.8. The van der Waals surface area contributed by atoms with Gasteiger partial charge in [0, 0.05) is 30.3 Å². The van der Waals surface area contributed by atoms with Crippen LogP contribution in [0.3, 0.4) is 0 Å². The number of carbonyl (C=O) groups excluding carboxylic acids is 1. The van der Waals surface area contributed by atoms with Gasteiger partial charge in [0.15, 0.2) is 0 Å². The zero-order valence-corrected chi connectivity index (χ0v) is 13.7. The van der Waals surface area contributed by atoms with Crippen LogP contribution in [0.4, 0.5) is 5.69 Å². The molecule has 1 fully saturated rings. The smallest absolute Gasteiger partial charge is 0.312 e. The maximum absolute atomic E-state index is 13.0. The van der Waals surface area contributed by atoms with E-state index in [2.05, 4.69) is 0 Å². The highest BCUT2D eigenvalue weighted by Crippen LogP contribution is 2.37. The third-order valence-corrected chi connectivity index (χ3v) is 5.05. The van der Waals surface area contributed by atoms with E-state index in [0.29, 0.717) is 29.3 Å². The summed E-state index contributed by atoms with van der Waals surface area (Å²) in [6, 6.07) is 14.8. The molecule has 1 amide bonds. The van der Waals surface area contributed by atoms with E-state index in [0.717, 1.165) is 18.6 Å². The van der Waals surface area contributed by atoms with Gasteiger partial charge < -0.3 is 14.7 Å². The molecular formula is C20H19NO4. The number of hydrogen-bond donors (Lipinski definition) is 1. The van der Waals surface area contributed by atoms with Crippen LogP contribution >= 0.6 is 0 Å². The first-order valence-electron chi connectivity index (χ1n) is 8.46. The maximum Gasteiger partial charge on any atom is 0.312 e. The average Bonchev–Trinajstić information content (AvgIpc) is 3.29. The van der Waals surface area contributed by atoms with E-state index in [1.807, 2.05) is 36.4 Å². The lowest BCUT2D eigenvalue weighted by atomic mass is 9.96. The lowest BCUT2D eigenvalue weighted by Crippen LogP contribution is -2.31. The summed E-state index contributed by atoms with van der Waals surface area (Å²) in [5, 5.41) is 9.47. The van der Waals surface area contributed by atoms with E-state index in [1.165, 1.54) is 0 Å². The van der Waals surface area contributed by atoms with Crippen LogP contribution in [0.25, 0.3) is 0 Å². The van der Waals surface area contributed by atoms with Gasteiger partial charge in [0.1, 0.15) is 5.92 Å². The van der Waals surface area contributed by atoms with Crippen molar-refractivity contribution in [2.24, 2.45) is 0 Å². The number of aliphatic carboxylic acids is 1. The van der Waals surface area contributed by atoms with Crippen molar-refractivity contribution in [2.45, 2.75) is 18.3 Å². The molecular weight excluding hydrogens is 318 g/mol. The van der Waals surface area contributed by atoms with E-state index in [1.54, 1.807) is 17.0 Å². The molecule has 25 heavy (non-hydrogen) atoms. The Morgan fingerprint density at radius 1 is 1.12 bits per heavy atom. The van der Waals surface area contributed by atoms with Crippen molar-refractivity contribution in [3.8, 4) is 0 Å². The Bertz CT molecular complexity index is 826. The van der Waals surface area contributed by atoms with Crippen molar-refractivity contribution in [1.82, 2.24) is 0 Å². The summed E-state index contributed by atoms with van der Waals surface area (Å²) in [4.78, 5) is 26.2. The highest BCUT2D eigenvalue weighted by atomic mass is 16.5. The minimum atomic E-state index is -0.903. The Balaban J connectivity index is 1.65. The third kappa shape index (κ3) is 2.81. The molecule has 5 heteroatoms. The van der Waals surface area contributed by atoms with Gasteiger partial charge in [-0.05, 0) is 35.7 Å². The molecule has 2 atom stereocenters. The Morgan fingerprint density at radius 2 is 1.96 bits per heavy atom. The van der Waals surface area contributed by atoms with Gasteiger partial charge in [-0.15, -0.1) is 0 Å². The van der Waals surface area contributed by atoms with E-state index < -0.39 is 11.9 Å². The standard InChI is InChI=1S/C20H19NO4/c22-19(14-5-3-4-13(10-14)15-8-9-25-12-15)21-11-17(20(23)24)16-6-1-2-7-18(16)21/h1-7,10,15,17H,8-9,11-12H2,(H,23,24)/t15-,17-/m1/s1. The van der Waals surface area contributed by atoms with Crippen LogP contribution in [0.15, 0.2) is 48.5 Å². The van der Waals surface area contributed by atoms with E-state index in [-0.39, 0.29) is 12.5 Å². The fraction of sp³-hybridized carbons (Fsp3) is 0.300. The first-order chi connectivity index (χ1) is 12.1. The Labute approximate surface area is 145 Å². The molecule has 0 bridgehead atoms. The number of ether oxygens (including phenoxy) is 1. The van der Waals surface area contributed by atoms with Gasteiger partial charge in [-0.2, -0.15) is 0 Å². The number of para-hydroxylation sites is 1. The Morgan fingerprint density at radius 3 is 2.72 bits per heavy atom. The van der Waals surface area contributed by atoms with Crippen LogP contribution in [0.5, 0.6) is 0 Å². The summed E-state index contributed by atoms with van der Waals surface area (Å²) in [6.07, 6.45) is 0.964. The van der Waals surface area contributed by atoms with Gasteiger partial charge in [0.25, 0.3) is 5.91 Å². The molecule has 4 rings (SSSR count).